The lowest BCUT2D eigenvalue weighted by Crippen LogP contribution is -1.89. The van der Waals surface area contributed by atoms with Gasteiger partial charge in [0.15, 0.2) is 0 Å². The fraction of sp³-hybridized carbons (Fsp3) is 0.0833. The lowest BCUT2D eigenvalue weighted by Gasteiger charge is -2.09. The van der Waals surface area contributed by atoms with Gasteiger partial charge in [-0.15, -0.1) is 11.3 Å². The van der Waals surface area contributed by atoms with Gasteiger partial charge in [-0.3, -0.25) is 4.98 Å². The van der Waals surface area contributed by atoms with Crippen LogP contribution in [0, 0.1) is 13.8 Å². The van der Waals surface area contributed by atoms with Crippen LogP contribution in [-0.2, 0) is 0 Å². The minimum absolute atomic E-state index is 0.261. The maximum absolute atomic E-state index is 8.00. The highest BCUT2D eigenvalue weighted by molar-refractivity contribution is 7.25. The van der Waals surface area contributed by atoms with Gasteiger partial charge in [0, 0.05) is 37.0 Å². The van der Waals surface area contributed by atoms with Crippen LogP contribution in [0.15, 0.2) is 72.9 Å². The number of thiophene rings is 1. The van der Waals surface area contributed by atoms with Crippen LogP contribution < -0.4 is 0 Å². The van der Waals surface area contributed by atoms with Crippen molar-refractivity contribution in [2.75, 3.05) is 0 Å². The Kier molecular flexibility index (Phi) is 3.07. The van der Waals surface area contributed by atoms with Gasteiger partial charge in [-0.2, -0.15) is 0 Å². The molecule has 3 heterocycles. The van der Waals surface area contributed by atoms with E-state index in [1.165, 1.54) is 6.20 Å². The van der Waals surface area contributed by atoms with Crippen molar-refractivity contribution in [2.45, 2.75) is 13.8 Å². The summed E-state index contributed by atoms with van der Waals surface area (Å²) in [4.78, 5) is 10.1. The number of nitrogens with zero attached hydrogens (tertiary/aromatic N) is 2. The van der Waals surface area contributed by atoms with E-state index >= 15 is 0 Å². The van der Waals surface area contributed by atoms with Gasteiger partial charge in [0.1, 0.15) is 4.83 Å². The van der Waals surface area contributed by atoms with Crippen LogP contribution in [0.3, 0.4) is 0 Å². The summed E-state index contributed by atoms with van der Waals surface area (Å²) in [6.45, 7) is -0.259. The van der Waals surface area contributed by atoms with E-state index in [2.05, 4.69) is 28.2 Å². The third-order valence-electron chi connectivity index (χ3n) is 4.76. The highest BCUT2D eigenvalue weighted by Gasteiger charge is 2.10. The first kappa shape index (κ1) is 13.2. The van der Waals surface area contributed by atoms with Crippen LogP contribution in [0.25, 0.3) is 42.7 Å². The Morgan fingerprint density at radius 3 is 2.59 bits per heavy atom. The first-order chi connectivity index (χ1) is 14.4. The molecule has 0 atom stereocenters. The Labute approximate surface area is 166 Å². The van der Waals surface area contributed by atoms with Crippen LogP contribution in [0.5, 0.6) is 0 Å². The summed E-state index contributed by atoms with van der Waals surface area (Å²) in [6, 6.07) is 21.9. The van der Waals surface area contributed by atoms with E-state index in [9.17, 15) is 0 Å². The standard InChI is InChI=1S/C24H18N2S/c1-15-14-25-22(17-6-4-3-5-7-17)13-21(15)18-9-11-19-20-10-8-16(2)26-24(20)27-23(19)12-18/h3-14H,1-2H3/i1D3. The predicted octanol–water partition coefficient (Wildman–Crippen LogP) is 6.80. The van der Waals surface area contributed by atoms with E-state index in [0.29, 0.717) is 5.56 Å². The molecule has 2 nitrogen and oxygen atoms in total. The van der Waals surface area contributed by atoms with Crippen molar-refractivity contribution in [3.05, 3.63) is 84.2 Å². The first-order valence-corrected chi connectivity index (χ1v) is 9.58. The fourth-order valence-electron chi connectivity index (χ4n) is 3.38. The van der Waals surface area contributed by atoms with Gasteiger partial charge < -0.3 is 0 Å². The Bertz CT molecular complexity index is 1390. The molecule has 0 aliphatic rings. The zero-order valence-corrected chi connectivity index (χ0v) is 15.5. The monoisotopic (exact) mass is 369 g/mol. The van der Waals surface area contributed by atoms with E-state index in [0.717, 1.165) is 42.8 Å². The molecule has 0 aliphatic carbocycles. The number of benzene rings is 2. The highest BCUT2D eigenvalue weighted by atomic mass is 32.1. The number of aromatic nitrogens is 2. The van der Waals surface area contributed by atoms with E-state index in [1.807, 2.05) is 55.5 Å². The number of pyridine rings is 2. The number of fused-ring (bicyclic) bond motifs is 3. The maximum atomic E-state index is 8.00. The van der Waals surface area contributed by atoms with E-state index < -0.39 is 6.85 Å². The molecule has 0 radical (unpaired) electrons. The van der Waals surface area contributed by atoms with Crippen LogP contribution in [-0.4, -0.2) is 9.97 Å². The van der Waals surface area contributed by atoms with E-state index in [1.54, 1.807) is 11.3 Å². The molecular formula is C24H18N2S. The molecule has 0 saturated carbocycles. The first-order valence-electron chi connectivity index (χ1n) is 10.3. The second kappa shape index (κ2) is 6.29. The number of hydrogen-bond acceptors (Lipinski definition) is 3. The lowest BCUT2D eigenvalue weighted by atomic mass is 9.98. The van der Waals surface area contributed by atoms with E-state index in [4.69, 9.17) is 4.11 Å². The quantitative estimate of drug-likeness (QED) is 0.342. The molecule has 5 rings (SSSR count). The average Bonchev–Trinajstić information content (AvgIpc) is 3.09. The second-order valence-electron chi connectivity index (χ2n) is 6.60. The largest absolute Gasteiger partial charge is 0.256 e. The molecule has 0 saturated heterocycles. The predicted molar refractivity (Wildman–Crippen MR) is 115 cm³/mol. The summed E-state index contributed by atoms with van der Waals surface area (Å²) in [5.41, 5.74) is 4.52. The molecule has 0 unspecified atom stereocenters. The number of aryl methyl sites for hydroxylation is 2. The normalized spacial score (nSPS) is 13.4. The van der Waals surface area contributed by atoms with Crippen molar-refractivity contribution in [3.8, 4) is 22.4 Å². The fourth-order valence-corrected chi connectivity index (χ4v) is 4.54. The molecule has 5 aromatic rings. The zero-order valence-electron chi connectivity index (χ0n) is 17.7. The van der Waals surface area contributed by atoms with Gasteiger partial charge in [-0.1, -0.05) is 42.5 Å². The van der Waals surface area contributed by atoms with Crippen molar-refractivity contribution in [1.82, 2.24) is 9.97 Å². The van der Waals surface area contributed by atoms with Crippen LogP contribution in [0.1, 0.15) is 15.4 Å². The molecule has 0 aliphatic heterocycles. The molecule has 27 heavy (non-hydrogen) atoms. The topological polar surface area (TPSA) is 25.8 Å². The van der Waals surface area contributed by atoms with Gasteiger partial charge in [0.25, 0.3) is 0 Å². The summed E-state index contributed by atoms with van der Waals surface area (Å²) in [5.74, 6) is 0. The van der Waals surface area contributed by atoms with Crippen LogP contribution in [0.4, 0.5) is 0 Å². The van der Waals surface area contributed by atoms with Crippen LogP contribution in [0.2, 0.25) is 0 Å². The second-order valence-corrected chi connectivity index (χ2v) is 7.63. The molecule has 0 N–H and O–H groups in total. The number of hydrogen-bond donors (Lipinski definition) is 0. The van der Waals surface area contributed by atoms with Crippen LogP contribution >= 0.6 is 11.3 Å². The zero-order chi connectivity index (χ0) is 20.9. The minimum atomic E-state index is -2.24. The molecular weight excluding hydrogens is 348 g/mol. The smallest absolute Gasteiger partial charge is 0.124 e. The Balaban J connectivity index is 1.73. The van der Waals surface area contributed by atoms with Crippen molar-refractivity contribution in [2.24, 2.45) is 0 Å². The maximum Gasteiger partial charge on any atom is 0.124 e. The third-order valence-corrected chi connectivity index (χ3v) is 5.82. The summed E-state index contributed by atoms with van der Waals surface area (Å²) in [7, 11) is 0. The Morgan fingerprint density at radius 1 is 0.889 bits per heavy atom. The Morgan fingerprint density at radius 2 is 1.74 bits per heavy atom. The summed E-state index contributed by atoms with van der Waals surface area (Å²) in [6.07, 6.45) is 1.49. The van der Waals surface area contributed by atoms with Crippen molar-refractivity contribution in [1.29, 1.82) is 0 Å². The lowest BCUT2D eigenvalue weighted by molar-refractivity contribution is 1.27. The third kappa shape index (κ3) is 2.81. The molecule has 0 fully saturated rings. The van der Waals surface area contributed by atoms with Gasteiger partial charge >= 0.3 is 0 Å². The summed E-state index contributed by atoms with van der Waals surface area (Å²) >= 11 is 1.63. The van der Waals surface area contributed by atoms with Gasteiger partial charge in [0.2, 0.25) is 0 Å². The molecule has 0 spiro atoms. The molecule has 0 bridgehead atoms. The minimum Gasteiger partial charge on any atom is -0.256 e. The molecule has 0 amide bonds. The highest BCUT2D eigenvalue weighted by Crippen LogP contribution is 2.36. The average molecular weight is 370 g/mol. The molecule has 3 aromatic heterocycles. The Hall–Kier alpha value is -3.04. The summed E-state index contributed by atoms with van der Waals surface area (Å²) in [5, 5.41) is 2.27. The van der Waals surface area contributed by atoms with Crippen molar-refractivity contribution in [3.63, 3.8) is 0 Å². The number of rotatable bonds is 2. The van der Waals surface area contributed by atoms with E-state index in [-0.39, 0.29) is 5.56 Å². The van der Waals surface area contributed by atoms with Gasteiger partial charge in [0.05, 0.1) is 5.69 Å². The molecule has 3 heteroatoms. The van der Waals surface area contributed by atoms with Gasteiger partial charge in [-0.05, 0) is 54.7 Å². The van der Waals surface area contributed by atoms with Gasteiger partial charge in [-0.25, -0.2) is 4.98 Å². The molecule has 130 valence electrons. The van der Waals surface area contributed by atoms with Crippen molar-refractivity contribution < 1.29 is 4.11 Å². The summed E-state index contributed by atoms with van der Waals surface area (Å²) < 4.78 is 25.1. The van der Waals surface area contributed by atoms with Crippen molar-refractivity contribution >= 4 is 31.6 Å². The SMILES string of the molecule is [2H]C([2H])([2H])c1cnc(-c2ccccc2)cc1-c1ccc2c(c1)sc1nc(C)ccc12. The molecule has 2 aromatic carbocycles.